The molecule has 0 spiro atoms. The zero-order valence-corrected chi connectivity index (χ0v) is 15.7. The molecule has 7 nitrogen and oxygen atoms in total. The first-order valence-electron chi connectivity index (χ1n) is 8.86. The Bertz CT molecular complexity index is 1100. The van der Waals surface area contributed by atoms with Crippen molar-refractivity contribution in [2.75, 3.05) is 10.6 Å². The molecule has 30 heavy (non-hydrogen) atoms. The molecule has 2 amide bonds. The van der Waals surface area contributed by atoms with Crippen LogP contribution in [0, 0.1) is 0 Å². The number of aryl methyl sites for hydroxylation is 1. The summed E-state index contributed by atoms with van der Waals surface area (Å²) in [6.45, 7) is 2.02. The number of nitrogens with one attached hydrogen (secondary N) is 3. The van der Waals surface area contributed by atoms with Gasteiger partial charge in [0, 0.05) is 6.20 Å². The van der Waals surface area contributed by atoms with Crippen LogP contribution in [0.4, 0.5) is 29.6 Å². The molecule has 0 aliphatic rings. The lowest BCUT2D eigenvalue weighted by Gasteiger charge is -2.14. The predicted octanol–water partition coefficient (Wildman–Crippen LogP) is 4.54. The Hall–Kier alpha value is -3.82. The minimum atomic E-state index is -4.91. The van der Waals surface area contributed by atoms with E-state index in [9.17, 15) is 22.8 Å². The lowest BCUT2D eigenvalue weighted by atomic mass is 10.1. The van der Waals surface area contributed by atoms with Gasteiger partial charge in [0.25, 0.3) is 5.56 Å². The lowest BCUT2D eigenvalue weighted by Crippen LogP contribution is -2.24. The van der Waals surface area contributed by atoms with E-state index in [4.69, 9.17) is 0 Å². The fourth-order valence-corrected chi connectivity index (χ4v) is 2.63. The molecule has 1 aromatic heterocycles. The highest BCUT2D eigenvalue weighted by Gasteiger charge is 2.32. The number of nitrogens with zero attached hydrogens (tertiary/aromatic N) is 1. The minimum Gasteiger partial charge on any atom is -0.404 e. The van der Waals surface area contributed by atoms with Crippen molar-refractivity contribution in [1.29, 1.82) is 0 Å². The highest BCUT2D eigenvalue weighted by molar-refractivity contribution is 5.99. The Kier molecular flexibility index (Phi) is 6.05. The molecule has 10 heteroatoms. The summed E-state index contributed by atoms with van der Waals surface area (Å²) in [7, 11) is 0. The zero-order valence-electron chi connectivity index (χ0n) is 15.7. The van der Waals surface area contributed by atoms with Crippen molar-refractivity contribution in [1.82, 2.24) is 9.97 Å². The van der Waals surface area contributed by atoms with Crippen molar-refractivity contribution in [2.45, 2.75) is 19.7 Å². The Morgan fingerprint density at radius 3 is 2.43 bits per heavy atom. The largest absolute Gasteiger partial charge is 0.573 e. The van der Waals surface area contributed by atoms with Crippen molar-refractivity contribution < 1.29 is 22.7 Å². The van der Waals surface area contributed by atoms with E-state index in [0.717, 1.165) is 18.1 Å². The van der Waals surface area contributed by atoms with Crippen LogP contribution in [0.3, 0.4) is 0 Å². The molecule has 1 heterocycles. The summed E-state index contributed by atoms with van der Waals surface area (Å²) in [6, 6.07) is 11.5. The Balaban J connectivity index is 1.72. The van der Waals surface area contributed by atoms with E-state index in [2.05, 4.69) is 25.3 Å². The molecule has 0 aliphatic heterocycles. The highest BCUT2D eigenvalue weighted by atomic mass is 19.4. The molecule has 0 bridgehead atoms. The van der Waals surface area contributed by atoms with Crippen molar-refractivity contribution in [3.8, 4) is 16.9 Å². The molecule has 0 aliphatic carbocycles. The van der Waals surface area contributed by atoms with Gasteiger partial charge in [-0.25, -0.2) is 9.78 Å². The molecule has 3 rings (SSSR count). The number of aromatic nitrogens is 2. The maximum atomic E-state index is 12.5. The minimum absolute atomic E-state index is 0.166. The number of carbonyl (C=O) groups excluding carboxylic acids is 1. The third kappa shape index (κ3) is 5.37. The first kappa shape index (κ1) is 20.9. The summed E-state index contributed by atoms with van der Waals surface area (Å²) in [5.41, 5.74) is 1.41. The molecule has 2 aromatic carbocycles. The topological polar surface area (TPSA) is 96.1 Å². The molecule has 0 atom stereocenters. The van der Waals surface area contributed by atoms with Crippen LogP contribution in [-0.2, 0) is 6.42 Å². The maximum absolute atomic E-state index is 12.5. The Morgan fingerprint density at radius 1 is 1.10 bits per heavy atom. The van der Waals surface area contributed by atoms with Crippen molar-refractivity contribution in [3.05, 3.63) is 70.6 Å². The summed E-state index contributed by atoms with van der Waals surface area (Å²) in [6.07, 6.45) is -2.74. The maximum Gasteiger partial charge on any atom is 0.573 e. The Labute approximate surface area is 168 Å². The third-order valence-corrected chi connectivity index (χ3v) is 4.07. The van der Waals surface area contributed by atoms with Crippen LogP contribution in [0.1, 0.15) is 12.5 Å². The van der Waals surface area contributed by atoms with Crippen LogP contribution in [0.15, 0.2) is 59.5 Å². The normalized spacial score (nSPS) is 11.1. The van der Waals surface area contributed by atoms with Crippen molar-refractivity contribution >= 4 is 17.7 Å². The fourth-order valence-electron chi connectivity index (χ4n) is 2.63. The summed E-state index contributed by atoms with van der Waals surface area (Å²) >= 11 is 0. The molecule has 156 valence electrons. The average Bonchev–Trinajstić information content (AvgIpc) is 2.69. The number of hydrogen-bond acceptors (Lipinski definition) is 4. The van der Waals surface area contributed by atoms with E-state index in [0.29, 0.717) is 11.1 Å². The summed E-state index contributed by atoms with van der Waals surface area (Å²) in [5.74, 6) is -0.742. The van der Waals surface area contributed by atoms with E-state index in [1.165, 1.54) is 24.4 Å². The van der Waals surface area contributed by atoms with Gasteiger partial charge in [0.2, 0.25) is 5.95 Å². The first-order chi connectivity index (χ1) is 14.2. The van der Waals surface area contributed by atoms with Crippen molar-refractivity contribution in [2.24, 2.45) is 0 Å². The van der Waals surface area contributed by atoms with E-state index < -0.39 is 23.7 Å². The Morgan fingerprint density at radius 2 is 1.80 bits per heavy atom. The number of alkyl halides is 3. The van der Waals surface area contributed by atoms with E-state index in [1.54, 1.807) is 12.1 Å². The molecule has 3 aromatic rings. The molecule has 0 unspecified atom stereocenters. The molecule has 0 saturated carbocycles. The average molecular weight is 418 g/mol. The number of aromatic amines is 1. The SMILES string of the molecule is CCc1ccc(-c2cnc(NC(=O)Nc3ccccc3OC(F)(F)F)[nH]c2=O)cc1. The van der Waals surface area contributed by atoms with Crippen LogP contribution in [0.2, 0.25) is 0 Å². The highest BCUT2D eigenvalue weighted by Crippen LogP contribution is 2.29. The number of hydrogen-bond donors (Lipinski definition) is 3. The van der Waals surface area contributed by atoms with Crippen LogP contribution in [0.5, 0.6) is 5.75 Å². The van der Waals surface area contributed by atoms with E-state index in [1.807, 2.05) is 19.1 Å². The van der Waals surface area contributed by atoms with E-state index in [-0.39, 0.29) is 11.6 Å². The molecule has 3 N–H and O–H groups in total. The standard InChI is InChI=1S/C20H17F3N4O3/c1-2-12-7-9-13(10-8-12)14-11-24-18(26-17(14)28)27-19(29)25-15-5-3-4-6-16(15)30-20(21,22)23/h3-11H,2H2,1H3,(H3,24,25,26,27,28,29). The number of halogens is 3. The molecular weight excluding hydrogens is 401 g/mol. The monoisotopic (exact) mass is 418 g/mol. The number of carbonyl (C=O) groups is 1. The smallest absolute Gasteiger partial charge is 0.404 e. The van der Waals surface area contributed by atoms with E-state index >= 15 is 0 Å². The number of rotatable bonds is 5. The predicted molar refractivity (Wildman–Crippen MR) is 105 cm³/mol. The van der Waals surface area contributed by atoms with Gasteiger partial charge in [-0.05, 0) is 29.7 Å². The second-order valence-electron chi connectivity index (χ2n) is 6.15. The van der Waals surface area contributed by atoms with Gasteiger partial charge in [-0.1, -0.05) is 43.3 Å². The van der Waals surface area contributed by atoms with Gasteiger partial charge in [-0.3, -0.25) is 15.1 Å². The zero-order chi connectivity index (χ0) is 21.7. The summed E-state index contributed by atoms with van der Waals surface area (Å²) in [5, 5.41) is 4.49. The van der Waals surface area contributed by atoms with Gasteiger partial charge in [0.05, 0.1) is 11.3 Å². The first-order valence-corrected chi connectivity index (χ1v) is 8.86. The van der Waals surface area contributed by atoms with Crippen LogP contribution < -0.4 is 20.9 Å². The molecular formula is C20H17F3N4O3. The van der Waals surface area contributed by atoms with Gasteiger partial charge in [0.15, 0.2) is 5.75 Å². The van der Waals surface area contributed by atoms with Crippen LogP contribution in [-0.4, -0.2) is 22.4 Å². The van der Waals surface area contributed by atoms with Gasteiger partial charge >= 0.3 is 12.4 Å². The molecule has 0 saturated heterocycles. The van der Waals surface area contributed by atoms with Crippen LogP contribution >= 0.6 is 0 Å². The van der Waals surface area contributed by atoms with Gasteiger partial charge in [-0.2, -0.15) is 0 Å². The van der Waals surface area contributed by atoms with Crippen LogP contribution in [0.25, 0.3) is 11.1 Å². The molecule has 0 fully saturated rings. The molecule has 0 radical (unpaired) electrons. The summed E-state index contributed by atoms with van der Waals surface area (Å²) in [4.78, 5) is 30.9. The second-order valence-corrected chi connectivity index (χ2v) is 6.15. The lowest BCUT2D eigenvalue weighted by molar-refractivity contribution is -0.274. The quantitative estimate of drug-likeness (QED) is 0.567. The number of ether oxygens (including phenoxy) is 1. The van der Waals surface area contributed by atoms with Gasteiger partial charge in [0.1, 0.15) is 0 Å². The number of urea groups is 1. The number of H-pyrrole nitrogens is 1. The number of anilines is 2. The summed E-state index contributed by atoms with van der Waals surface area (Å²) < 4.78 is 41.3. The van der Waals surface area contributed by atoms with Crippen molar-refractivity contribution in [3.63, 3.8) is 0 Å². The second kappa shape index (κ2) is 8.68. The third-order valence-electron chi connectivity index (χ3n) is 4.07. The van der Waals surface area contributed by atoms with Gasteiger partial charge in [-0.15, -0.1) is 13.2 Å². The van der Waals surface area contributed by atoms with Gasteiger partial charge < -0.3 is 10.1 Å². The fraction of sp³-hybridized carbons (Fsp3) is 0.150. The number of amides is 2. The number of para-hydroxylation sites is 2. The number of benzene rings is 2.